The number of hydrogen-bond donors (Lipinski definition) is 2. The Hall–Kier alpha value is -3.41. The highest BCUT2D eigenvalue weighted by Crippen LogP contribution is 2.48. The third-order valence-corrected chi connectivity index (χ3v) is 7.22. The van der Waals surface area contributed by atoms with Crippen LogP contribution in [0.25, 0.3) is 0 Å². The maximum Gasteiger partial charge on any atom is 0.435 e. The number of nitrogens with two attached hydrogens (primary N) is 1. The molecule has 2 aliphatic rings. The molecule has 3 N–H and O–H groups in total. The molecular weight excluding hydrogens is 502 g/mol. The van der Waals surface area contributed by atoms with Crippen molar-refractivity contribution < 1.29 is 22.4 Å². The molecule has 3 aromatic rings. The van der Waals surface area contributed by atoms with E-state index in [4.69, 9.17) is 17.3 Å². The highest BCUT2D eigenvalue weighted by molar-refractivity contribution is 6.31. The van der Waals surface area contributed by atoms with E-state index in [1.807, 2.05) is 4.90 Å². The number of anilines is 3. The van der Waals surface area contributed by atoms with Crippen molar-refractivity contribution in [2.45, 2.75) is 24.9 Å². The van der Waals surface area contributed by atoms with Gasteiger partial charge in [0.1, 0.15) is 17.2 Å². The number of nitrogen functional groups attached to an aromatic ring is 1. The molecule has 2 aromatic heterocycles. The molecule has 1 aromatic carbocycles. The maximum atomic E-state index is 13.5. The Labute approximate surface area is 208 Å². The third kappa shape index (κ3) is 4.45. The number of carbonyl (C=O) groups is 1. The predicted molar refractivity (Wildman–Crippen MR) is 125 cm³/mol. The molecule has 0 spiro atoms. The van der Waals surface area contributed by atoms with Gasteiger partial charge in [0.15, 0.2) is 11.5 Å². The molecule has 1 amide bonds. The zero-order chi connectivity index (χ0) is 25.8. The Kier molecular flexibility index (Phi) is 6.01. The summed E-state index contributed by atoms with van der Waals surface area (Å²) in [5.41, 5.74) is 6.36. The fourth-order valence-electron chi connectivity index (χ4n) is 5.20. The molecule has 0 radical (unpaired) electrons. The third-order valence-electron chi connectivity index (χ3n) is 6.93. The van der Waals surface area contributed by atoms with Crippen molar-refractivity contribution in [3.63, 3.8) is 0 Å². The van der Waals surface area contributed by atoms with E-state index in [9.17, 15) is 22.4 Å². The van der Waals surface area contributed by atoms with Gasteiger partial charge in [-0.05, 0) is 55.0 Å². The lowest BCUT2D eigenvalue weighted by Gasteiger charge is -2.20. The second kappa shape index (κ2) is 8.91. The topological polar surface area (TPSA) is 102 Å². The van der Waals surface area contributed by atoms with Gasteiger partial charge in [-0.25, -0.2) is 4.39 Å². The fourth-order valence-corrected chi connectivity index (χ4v) is 5.38. The minimum absolute atomic E-state index is 0.0121. The van der Waals surface area contributed by atoms with Crippen molar-refractivity contribution >= 4 is 34.8 Å². The molecule has 0 bridgehead atoms. The lowest BCUT2D eigenvalue weighted by molar-refractivity contribution is -0.141. The van der Waals surface area contributed by atoms with E-state index < -0.39 is 23.6 Å². The predicted octanol–water partition coefficient (Wildman–Crippen LogP) is 4.49. The van der Waals surface area contributed by atoms with Crippen LogP contribution in [0.2, 0.25) is 5.02 Å². The van der Waals surface area contributed by atoms with E-state index in [-0.39, 0.29) is 34.2 Å². The Bertz CT molecular complexity index is 1300. The van der Waals surface area contributed by atoms with Crippen molar-refractivity contribution in [2.75, 3.05) is 29.0 Å². The SMILES string of the molecule is Cn1nc(C2CC3CN(c4ccc(C(F)(F)F)nn4)CC3C2)c(C(=O)Nc2ccc(F)c(Cl)c2)c1N. The molecule has 1 saturated heterocycles. The van der Waals surface area contributed by atoms with E-state index in [0.717, 1.165) is 25.0 Å². The van der Waals surface area contributed by atoms with Crippen LogP contribution in [0.5, 0.6) is 0 Å². The summed E-state index contributed by atoms with van der Waals surface area (Å²) < 4.78 is 53.3. The van der Waals surface area contributed by atoms with Crippen LogP contribution in [0, 0.1) is 17.7 Å². The Morgan fingerprint density at radius 1 is 1.14 bits per heavy atom. The summed E-state index contributed by atoms with van der Waals surface area (Å²) in [6.45, 7) is 1.25. The number of aryl methyl sites for hydroxylation is 1. The molecule has 1 aliphatic carbocycles. The molecule has 2 fully saturated rings. The zero-order valence-corrected chi connectivity index (χ0v) is 19.8. The zero-order valence-electron chi connectivity index (χ0n) is 19.1. The lowest BCUT2D eigenvalue weighted by Crippen LogP contribution is -2.24. The number of aromatic nitrogens is 4. The first-order valence-corrected chi connectivity index (χ1v) is 11.6. The van der Waals surface area contributed by atoms with Crippen molar-refractivity contribution in [3.05, 3.63) is 58.1 Å². The summed E-state index contributed by atoms with van der Waals surface area (Å²) in [6, 6.07) is 6.17. The first-order valence-electron chi connectivity index (χ1n) is 11.3. The van der Waals surface area contributed by atoms with Crippen LogP contribution in [0.4, 0.5) is 34.9 Å². The molecule has 3 heterocycles. The van der Waals surface area contributed by atoms with Crippen LogP contribution in [0.1, 0.15) is 40.5 Å². The normalized spacial score (nSPS) is 21.6. The van der Waals surface area contributed by atoms with E-state index in [1.165, 1.54) is 22.9 Å². The average Bonchev–Trinajstić information content (AvgIpc) is 3.48. The summed E-state index contributed by atoms with van der Waals surface area (Å²) in [5, 5.41) is 14.2. The molecule has 8 nitrogen and oxygen atoms in total. The van der Waals surface area contributed by atoms with Crippen molar-refractivity contribution in [2.24, 2.45) is 18.9 Å². The minimum atomic E-state index is -4.53. The monoisotopic (exact) mass is 523 g/mol. The van der Waals surface area contributed by atoms with Gasteiger partial charge in [-0.15, -0.1) is 10.2 Å². The summed E-state index contributed by atoms with van der Waals surface area (Å²) in [7, 11) is 1.66. The van der Waals surface area contributed by atoms with Gasteiger partial charge in [0.2, 0.25) is 0 Å². The Morgan fingerprint density at radius 2 is 1.83 bits per heavy atom. The molecule has 5 rings (SSSR count). The van der Waals surface area contributed by atoms with Crippen LogP contribution in [0.3, 0.4) is 0 Å². The number of carbonyl (C=O) groups excluding carboxylic acids is 1. The van der Waals surface area contributed by atoms with E-state index in [0.29, 0.717) is 30.3 Å². The Balaban J connectivity index is 1.30. The molecule has 1 saturated carbocycles. The summed E-state index contributed by atoms with van der Waals surface area (Å²) in [6.07, 6.45) is -3.04. The quantitative estimate of drug-likeness (QED) is 0.489. The smallest absolute Gasteiger partial charge is 0.383 e. The molecular formula is C23H22ClF4N7O. The molecule has 1 aliphatic heterocycles. The number of fused-ring (bicyclic) bond motifs is 1. The van der Waals surface area contributed by atoms with Crippen LogP contribution in [0.15, 0.2) is 30.3 Å². The second-order valence-electron chi connectivity index (χ2n) is 9.22. The van der Waals surface area contributed by atoms with E-state index in [1.54, 1.807) is 7.05 Å². The first kappa shape index (κ1) is 24.3. The number of nitrogens with one attached hydrogen (secondary N) is 1. The number of nitrogens with zero attached hydrogens (tertiary/aromatic N) is 5. The number of hydrogen-bond acceptors (Lipinski definition) is 6. The van der Waals surface area contributed by atoms with Crippen LogP contribution >= 0.6 is 11.6 Å². The molecule has 2 unspecified atom stereocenters. The van der Waals surface area contributed by atoms with Crippen molar-refractivity contribution in [3.8, 4) is 0 Å². The molecule has 2 atom stereocenters. The van der Waals surface area contributed by atoms with Gasteiger partial charge in [0.25, 0.3) is 5.91 Å². The van der Waals surface area contributed by atoms with Crippen LogP contribution in [-0.4, -0.2) is 39.0 Å². The fraction of sp³-hybridized carbons (Fsp3) is 0.391. The summed E-state index contributed by atoms with van der Waals surface area (Å²) >= 11 is 5.82. The number of amides is 1. The van der Waals surface area contributed by atoms with Gasteiger partial charge in [-0.2, -0.15) is 18.3 Å². The van der Waals surface area contributed by atoms with Crippen molar-refractivity contribution in [1.82, 2.24) is 20.0 Å². The molecule has 36 heavy (non-hydrogen) atoms. The number of alkyl halides is 3. The van der Waals surface area contributed by atoms with Crippen LogP contribution in [-0.2, 0) is 13.2 Å². The van der Waals surface area contributed by atoms with Gasteiger partial charge >= 0.3 is 6.18 Å². The minimum Gasteiger partial charge on any atom is -0.383 e. The molecule has 13 heteroatoms. The Morgan fingerprint density at radius 3 is 2.42 bits per heavy atom. The molecule has 190 valence electrons. The lowest BCUT2D eigenvalue weighted by atomic mass is 9.97. The van der Waals surface area contributed by atoms with Gasteiger partial charge < -0.3 is 16.0 Å². The summed E-state index contributed by atoms with van der Waals surface area (Å²) in [4.78, 5) is 15.1. The highest BCUT2D eigenvalue weighted by atomic mass is 35.5. The van der Waals surface area contributed by atoms with Crippen molar-refractivity contribution in [1.29, 1.82) is 0 Å². The van der Waals surface area contributed by atoms with Gasteiger partial charge in [0.05, 0.1) is 10.7 Å². The first-order chi connectivity index (χ1) is 17.0. The maximum absolute atomic E-state index is 13.5. The standard InChI is InChI=1S/C23H22ClF4N7O/c1-34-21(29)19(22(36)30-14-2-3-16(25)15(24)8-14)20(33-34)11-6-12-9-35(10-13(12)7-11)18-5-4-17(31-32-18)23(26,27)28/h2-5,8,11-13H,6-7,9-10,29H2,1H3,(H,30,36). The van der Waals surface area contributed by atoms with Gasteiger partial charge in [-0.1, -0.05) is 11.6 Å². The number of rotatable bonds is 4. The van der Waals surface area contributed by atoms with E-state index in [2.05, 4.69) is 20.6 Å². The van der Waals surface area contributed by atoms with Gasteiger partial charge in [-0.3, -0.25) is 9.48 Å². The highest BCUT2D eigenvalue weighted by Gasteiger charge is 2.44. The van der Waals surface area contributed by atoms with Crippen LogP contribution < -0.4 is 16.0 Å². The average molecular weight is 524 g/mol. The number of benzene rings is 1. The van der Waals surface area contributed by atoms with Gasteiger partial charge in [0, 0.05) is 31.7 Å². The number of halogens is 5. The summed E-state index contributed by atoms with van der Waals surface area (Å²) in [5.74, 6) is 0.0794. The van der Waals surface area contributed by atoms with E-state index >= 15 is 0 Å². The largest absolute Gasteiger partial charge is 0.435 e. The second-order valence-corrected chi connectivity index (χ2v) is 9.63.